The molecule has 0 aliphatic carbocycles. The fourth-order valence-corrected chi connectivity index (χ4v) is 3.01. The van der Waals surface area contributed by atoms with E-state index in [1.54, 1.807) is 31.4 Å². The average molecular weight is 396 g/mol. The lowest BCUT2D eigenvalue weighted by Crippen LogP contribution is -2.30. The van der Waals surface area contributed by atoms with Gasteiger partial charge in [-0.3, -0.25) is 9.59 Å². The number of hydrogen-bond acceptors (Lipinski definition) is 5. The molecule has 0 aliphatic rings. The molecule has 8 nitrogen and oxygen atoms in total. The van der Waals surface area contributed by atoms with E-state index in [1.807, 2.05) is 28.8 Å². The number of carbonyl (C=O) groups is 2. The molecule has 152 valence electrons. The summed E-state index contributed by atoms with van der Waals surface area (Å²) in [6, 6.07) is 14.8. The van der Waals surface area contributed by atoms with E-state index in [2.05, 4.69) is 15.6 Å². The SMILES string of the molecule is COCC(=O)NCCc1nc2ccccc2n1CC(=O)Nc1ccc(OC)cc1. The summed E-state index contributed by atoms with van der Waals surface area (Å²) in [6.45, 7) is 0.542. The number of methoxy groups -OCH3 is 2. The minimum atomic E-state index is -0.188. The summed E-state index contributed by atoms with van der Waals surface area (Å²) in [7, 11) is 3.07. The molecular weight excluding hydrogens is 372 g/mol. The fraction of sp³-hybridized carbons (Fsp3) is 0.286. The smallest absolute Gasteiger partial charge is 0.245 e. The molecule has 0 saturated heterocycles. The number of fused-ring (bicyclic) bond motifs is 1. The molecule has 0 saturated carbocycles. The Morgan fingerprint density at radius 3 is 2.52 bits per heavy atom. The van der Waals surface area contributed by atoms with Crippen molar-refractivity contribution in [1.82, 2.24) is 14.9 Å². The van der Waals surface area contributed by atoms with Gasteiger partial charge in [-0.2, -0.15) is 0 Å². The Bertz CT molecular complexity index is 982. The number of carbonyl (C=O) groups excluding carboxylic acids is 2. The molecule has 0 radical (unpaired) electrons. The van der Waals surface area contributed by atoms with Crippen LogP contribution in [0.3, 0.4) is 0 Å². The van der Waals surface area contributed by atoms with Gasteiger partial charge in [0.15, 0.2) is 0 Å². The zero-order valence-electron chi connectivity index (χ0n) is 16.5. The van der Waals surface area contributed by atoms with Crippen LogP contribution < -0.4 is 15.4 Å². The van der Waals surface area contributed by atoms with Gasteiger partial charge in [0, 0.05) is 25.8 Å². The maximum Gasteiger partial charge on any atom is 0.245 e. The van der Waals surface area contributed by atoms with E-state index >= 15 is 0 Å². The van der Waals surface area contributed by atoms with E-state index in [1.165, 1.54) is 7.11 Å². The van der Waals surface area contributed by atoms with Crippen LogP contribution in [0.2, 0.25) is 0 Å². The molecule has 3 aromatic rings. The van der Waals surface area contributed by atoms with Crippen LogP contribution in [-0.2, 0) is 27.3 Å². The van der Waals surface area contributed by atoms with Crippen LogP contribution in [0.25, 0.3) is 11.0 Å². The fourth-order valence-electron chi connectivity index (χ4n) is 3.01. The van der Waals surface area contributed by atoms with Gasteiger partial charge in [-0.25, -0.2) is 4.98 Å². The van der Waals surface area contributed by atoms with Crippen molar-refractivity contribution in [3.05, 3.63) is 54.4 Å². The molecule has 0 unspecified atom stereocenters. The zero-order chi connectivity index (χ0) is 20.6. The lowest BCUT2D eigenvalue weighted by Gasteiger charge is -2.11. The molecular formula is C21H24N4O4. The minimum Gasteiger partial charge on any atom is -0.497 e. The average Bonchev–Trinajstić information content (AvgIpc) is 3.06. The molecule has 0 bridgehead atoms. The number of hydrogen-bond donors (Lipinski definition) is 2. The number of rotatable bonds is 9. The Balaban J connectivity index is 1.72. The number of anilines is 1. The third-order valence-electron chi connectivity index (χ3n) is 4.36. The Labute approximate surface area is 168 Å². The van der Waals surface area contributed by atoms with Crippen molar-refractivity contribution in [1.29, 1.82) is 0 Å². The summed E-state index contributed by atoms with van der Waals surface area (Å²) in [6.07, 6.45) is 0.500. The molecule has 0 atom stereocenters. The van der Waals surface area contributed by atoms with Crippen molar-refractivity contribution in [3.8, 4) is 5.75 Å². The summed E-state index contributed by atoms with van der Waals surface area (Å²) >= 11 is 0. The highest BCUT2D eigenvalue weighted by atomic mass is 16.5. The van der Waals surface area contributed by atoms with Crippen LogP contribution in [0, 0.1) is 0 Å². The van der Waals surface area contributed by atoms with Crippen molar-refractivity contribution in [3.63, 3.8) is 0 Å². The number of benzene rings is 2. The molecule has 1 aromatic heterocycles. The topological polar surface area (TPSA) is 94.5 Å². The number of nitrogens with zero attached hydrogens (tertiary/aromatic N) is 2. The van der Waals surface area contributed by atoms with E-state index in [9.17, 15) is 9.59 Å². The third-order valence-corrected chi connectivity index (χ3v) is 4.36. The van der Waals surface area contributed by atoms with Gasteiger partial charge in [0.05, 0.1) is 18.1 Å². The lowest BCUT2D eigenvalue weighted by atomic mass is 10.3. The highest BCUT2D eigenvalue weighted by Gasteiger charge is 2.14. The molecule has 29 heavy (non-hydrogen) atoms. The number of amides is 2. The second kappa shape index (κ2) is 9.70. The van der Waals surface area contributed by atoms with Crippen LogP contribution in [0.4, 0.5) is 5.69 Å². The van der Waals surface area contributed by atoms with E-state index in [0.29, 0.717) is 18.7 Å². The second-order valence-corrected chi connectivity index (χ2v) is 6.41. The zero-order valence-corrected chi connectivity index (χ0v) is 16.5. The van der Waals surface area contributed by atoms with Crippen LogP contribution in [-0.4, -0.2) is 48.7 Å². The van der Waals surface area contributed by atoms with Gasteiger partial charge < -0.3 is 24.7 Å². The van der Waals surface area contributed by atoms with Gasteiger partial charge in [0.1, 0.15) is 24.7 Å². The van der Waals surface area contributed by atoms with Crippen LogP contribution in [0.1, 0.15) is 5.82 Å². The van der Waals surface area contributed by atoms with Crippen LogP contribution in [0.15, 0.2) is 48.5 Å². The molecule has 3 rings (SSSR count). The summed E-state index contributed by atoms with van der Waals surface area (Å²) in [5.41, 5.74) is 2.37. The van der Waals surface area contributed by atoms with Crippen LogP contribution in [0.5, 0.6) is 5.75 Å². The van der Waals surface area contributed by atoms with Crippen LogP contribution >= 0.6 is 0 Å². The lowest BCUT2D eigenvalue weighted by molar-refractivity contribution is -0.124. The number of para-hydroxylation sites is 2. The molecule has 8 heteroatoms. The predicted molar refractivity (Wildman–Crippen MR) is 110 cm³/mol. The van der Waals surface area contributed by atoms with Crippen molar-refractivity contribution < 1.29 is 19.1 Å². The maximum absolute atomic E-state index is 12.6. The first-order chi connectivity index (χ1) is 14.1. The summed E-state index contributed by atoms with van der Waals surface area (Å²) < 4.78 is 11.8. The Hall–Kier alpha value is -3.39. The standard InChI is InChI=1S/C21H24N4O4/c1-28-14-21(27)22-12-11-19-24-17-5-3-4-6-18(17)25(19)13-20(26)23-15-7-9-16(29-2)10-8-15/h3-10H,11-14H2,1-2H3,(H,22,27)(H,23,26). The molecule has 1 heterocycles. The highest BCUT2D eigenvalue weighted by Crippen LogP contribution is 2.18. The van der Waals surface area contributed by atoms with Gasteiger partial charge in [-0.05, 0) is 36.4 Å². The van der Waals surface area contributed by atoms with Gasteiger partial charge in [-0.15, -0.1) is 0 Å². The molecule has 2 amide bonds. The second-order valence-electron chi connectivity index (χ2n) is 6.41. The Kier molecular flexibility index (Phi) is 6.80. The molecule has 2 N–H and O–H groups in total. The summed E-state index contributed by atoms with van der Waals surface area (Å²) in [5.74, 6) is 1.10. The molecule has 0 spiro atoms. The van der Waals surface area contributed by atoms with E-state index in [-0.39, 0.29) is 25.0 Å². The maximum atomic E-state index is 12.6. The van der Waals surface area contributed by atoms with Crippen molar-refractivity contribution in [2.24, 2.45) is 0 Å². The first-order valence-electron chi connectivity index (χ1n) is 9.24. The van der Waals surface area contributed by atoms with E-state index in [4.69, 9.17) is 9.47 Å². The molecule has 2 aromatic carbocycles. The minimum absolute atomic E-state index is 0.0146. The third kappa shape index (κ3) is 5.32. The van der Waals surface area contributed by atoms with E-state index in [0.717, 1.165) is 22.6 Å². The first kappa shape index (κ1) is 20.3. The number of aromatic nitrogens is 2. The van der Waals surface area contributed by atoms with Crippen molar-refractivity contribution in [2.75, 3.05) is 32.7 Å². The van der Waals surface area contributed by atoms with Gasteiger partial charge in [0.2, 0.25) is 11.8 Å². The Morgan fingerprint density at radius 2 is 1.79 bits per heavy atom. The van der Waals surface area contributed by atoms with Gasteiger partial charge in [-0.1, -0.05) is 12.1 Å². The van der Waals surface area contributed by atoms with Gasteiger partial charge >= 0.3 is 0 Å². The normalized spacial score (nSPS) is 10.7. The number of nitrogens with one attached hydrogen (secondary N) is 2. The van der Waals surface area contributed by atoms with Gasteiger partial charge in [0.25, 0.3) is 0 Å². The number of ether oxygens (including phenoxy) is 2. The van der Waals surface area contributed by atoms with E-state index < -0.39 is 0 Å². The van der Waals surface area contributed by atoms with Crippen molar-refractivity contribution in [2.45, 2.75) is 13.0 Å². The largest absolute Gasteiger partial charge is 0.497 e. The molecule has 0 aliphatic heterocycles. The monoisotopic (exact) mass is 396 g/mol. The number of imidazole rings is 1. The van der Waals surface area contributed by atoms with Crippen molar-refractivity contribution >= 4 is 28.5 Å². The first-order valence-corrected chi connectivity index (χ1v) is 9.24. The summed E-state index contributed by atoms with van der Waals surface area (Å²) in [5, 5.41) is 5.66. The molecule has 0 fully saturated rings. The highest BCUT2D eigenvalue weighted by molar-refractivity contribution is 5.91. The Morgan fingerprint density at radius 1 is 1.03 bits per heavy atom. The quantitative estimate of drug-likeness (QED) is 0.577. The predicted octanol–water partition coefficient (Wildman–Crippen LogP) is 1.99. The summed E-state index contributed by atoms with van der Waals surface area (Å²) in [4.78, 5) is 28.8.